The van der Waals surface area contributed by atoms with E-state index in [1.807, 2.05) is 0 Å². The summed E-state index contributed by atoms with van der Waals surface area (Å²) in [6, 6.07) is 8.10. The number of benzene rings is 1. The zero-order chi connectivity index (χ0) is 17.4. The van der Waals surface area contributed by atoms with Crippen molar-refractivity contribution in [3.8, 4) is 0 Å². The minimum absolute atomic E-state index is 0.256. The summed E-state index contributed by atoms with van der Waals surface area (Å²) in [5, 5.41) is 4.15. The van der Waals surface area contributed by atoms with E-state index in [0.29, 0.717) is 36.0 Å². The van der Waals surface area contributed by atoms with Gasteiger partial charge in [-0.2, -0.15) is 4.31 Å². The number of nitrogens with one attached hydrogen (secondary N) is 1. The second-order valence-corrected chi connectivity index (χ2v) is 8.84. The van der Waals surface area contributed by atoms with Crippen LogP contribution in [0.25, 0.3) is 11.0 Å². The Morgan fingerprint density at radius 1 is 1.08 bits per heavy atom. The van der Waals surface area contributed by atoms with E-state index in [-0.39, 0.29) is 4.90 Å². The summed E-state index contributed by atoms with van der Waals surface area (Å²) in [6.45, 7) is 2.20. The standard InChI is InChI=1S/C18H22N2O4S/c21-18-6-3-14-12-15(4-5-17(14)24-18)25(22,23)20-10-7-13(8-11-20)16-2-1-9-19-16/h3-6,12-13,16,19H,1-2,7-11H2. The van der Waals surface area contributed by atoms with Gasteiger partial charge >= 0.3 is 5.63 Å². The molecule has 25 heavy (non-hydrogen) atoms. The molecule has 1 atom stereocenters. The molecule has 2 saturated heterocycles. The van der Waals surface area contributed by atoms with Crippen molar-refractivity contribution in [3.05, 3.63) is 40.8 Å². The highest BCUT2D eigenvalue weighted by molar-refractivity contribution is 7.89. The van der Waals surface area contributed by atoms with Gasteiger partial charge in [0.2, 0.25) is 10.0 Å². The molecular weight excluding hydrogens is 340 g/mol. The Labute approximate surface area is 146 Å². The van der Waals surface area contributed by atoms with Gasteiger partial charge in [-0.05, 0) is 62.4 Å². The van der Waals surface area contributed by atoms with E-state index < -0.39 is 15.6 Å². The minimum atomic E-state index is -3.52. The predicted molar refractivity (Wildman–Crippen MR) is 95.0 cm³/mol. The number of rotatable bonds is 3. The first-order valence-corrected chi connectivity index (χ1v) is 10.3. The van der Waals surface area contributed by atoms with E-state index in [2.05, 4.69) is 5.32 Å². The molecule has 1 aromatic heterocycles. The summed E-state index contributed by atoms with van der Waals surface area (Å²) in [5.41, 5.74) is -0.0387. The van der Waals surface area contributed by atoms with Crippen molar-refractivity contribution in [3.63, 3.8) is 0 Å². The molecule has 2 aliphatic rings. The summed E-state index contributed by atoms with van der Waals surface area (Å²) < 4.78 is 32.5. The molecule has 0 bridgehead atoms. The molecule has 3 heterocycles. The van der Waals surface area contributed by atoms with Gasteiger partial charge in [-0.3, -0.25) is 0 Å². The second kappa shape index (κ2) is 6.55. The lowest BCUT2D eigenvalue weighted by molar-refractivity contribution is 0.234. The topological polar surface area (TPSA) is 79.6 Å². The third-order valence-electron chi connectivity index (χ3n) is 5.39. The maximum Gasteiger partial charge on any atom is 0.336 e. The van der Waals surface area contributed by atoms with Gasteiger partial charge in [0.05, 0.1) is 4.90 Å². The Hall–Kier alpha value is -1.70. The molecule has 0 amide bonds. The van der Waals surface area contributed by atoms with Crippen LogP contribution in [-0.2, 0) is 10.0 Å². The number of hydrogen-bond acceptors (Lipinski definition) is 5. The molecule has 1 N–H and O–H groups in total. The fraction of sp³-hybridized carbons (Fsp3) is 0.500. The van der Waals surface area contributed by atoms with Crippen molar-refractivity contribution in [1.82, 2.24) is 9.62 Å². The summed E-state index contributed by atoms with van der Waals surface area (Å²) in [6.07, 6.45) is 4.22. The van der Waals surface area contributed by atoms with E-state index in [1.54, 1.807) is 22.5 Å². The van der Waals surface area contributed by atoms with E-state index in [0.717, 1.165) is 19.4 Å². The monoisotopic (exact) mass is 362 g/mol. The lowest BCUT2D eigenvalue weighted by Crippen LogP contribution is -2.43. The van der Waals surface area contributed by atoms with E-state index in [9.17, 15) is 13.2 Å². The highest BCUT2D eigenvalue weighted by Crippen LogP contribution is 2.29. The molecule has 1 aromatic carbocycles. The average molecular weight is 362 g/mol. The number of nitrogens with zero attached hydrogens (tertiary/aromatic N) is 1. The van der Waals surface area contributed by atoms with Crippen LogP contribution in [0.15, 0.2) is 44.4 Å². The Morgan fingerprint density at radius 2 is 1.88 bits per heavy atom. The van der Waals surface area contributed by atoms with Gasteiger partial charge in [-0.25, -0.2) is 13.2 Å². The van der Waals surface area contributed by atoms with Crippen LogP contribution in [0.3, 0.4) is 0 Å². The van der Waals surface area contributed by atoms with Crippen molar-refractivity contribution in [2.75, 3.05) is 19.6 Å². The van der Waals surface area contributed by atoms with Gasteiger partial charge in [-0.15, -0.1) is 0 Å². The Morgan fingerprint density at radius 3 is 2.60 bits per heavy atom. The number of piperidine rings is 1. The normalized spacial score (nSPS) is 23.3. The summed E-state index contributed by atoms with van der Waals surface area (Å²) >= 11 is 0. The van der Waals surface area contributed by atoms with Gasteiger partial charge in [0.25, 0.3) is 0 Å². The number of hydrogen-bond donors (Lipinski definition) is 1. The van der Waals surface area contributed by atoms with Crippen molar-refractivity contribution in [1.29, 1.82) is 0 Å². The van der Waals surface area contributed by atoms with Gasteiger partial charge < -0.3 is 9.73 Å². The fourth-order valence-electron chi connectivity index (χ4n) is 3.99. The zero-order valence-electron chi connectivity index (χ0n) is 14.0. The first-order valence-electron chi connectivity index (χ1n) is 8.81. The van der Waals surface area contributed by atoms with Crippen molar-refractivity contribution in [2.45, 2.75) is 36.6 Å². The van der Waals surface area contributed by atoms with Gasteiger partial charge in [0.15, 0.2) is 0 Å². The molecule has 0 aliphatic carbocycles. The molecule has 2 aromatic rings. The largest absolute Gasteiger partial charge is 0.423 e. The lowest BCUT2D eigenvalue weighted by Gasteiger charge is -2.34. The van der Waals surface area contributed by atoms with Crippen molar-refractivity contribution < 1.29 is 12.8 Å². The molecule has 2 fully saturated rings. The molecule has 0 saturated carbocycles. The number of fused-ring (bicyclic) bond motifs is 1. The van der Waals surface area contributed by atoms with Crippen LogP contribution in [0, 0.1) is 5.92 Å². The Balaban J connectivity index is 1.53. The van der Waals surface area contributed by atoms with Crippen molar-refractivity contribution in [2.24, 2.45) is 5.92 Å². The third-order valence-corrected chi connectivity index (χ3v) is 7.29. The van der Waals surface area contributed by atoms with Gasteiger partial charge in [0, 0.05) is 30.6 Å². The molecule has 0 spiro atoms. The molecule has 2 aliphatic heterocycles. The summed E-state index contributed by atoms with van der Waals surface area (Å²) in [4.78, 5) is 11.5. The number of sulfonamides is 1. The first kappa shape index (κ1) is 16.8. The molecule has 7 heteroatoms. The highest BCUT2D eigenvalue weighted by atomic mass is 32.2. The van der Waals surface area contributed by atoms with Crippen LogP contribution < -0.4 is 10.9 Å². The maximum absolute atomic E-state index is 12.9. The second-order valence-electron chi connectivity index (χ2n) is 6.90. The molecule has 0 radical (unpaired) electrons. The van der Waals surface area contributed by atoms with Crippen LogP contribution in [0.1, 0.15) is 25.7 Å². The lowest BCUT2D eigenvalue weighted by atomic mass is 9.89. The van der Waals surface area contributed by atoms with Crippen LogP contribution in [0.4, 0.5) is 0 Å². The summed E-state index contributed by atoms with van der Waals surface area (Å²) in [7, 11) is -3.52. The first-order chi connectivity index (χ1) is 12.0. The quantitative estimate of drug-likeness (QED) is 0.844. The minimum Gasteiger partial charge on any atom is -0.423 e. The molecule has 4 rings (SSSR count). The van der Waals surface area contributed by atoms with Crippen LogP contribution in [0.2, 0.25) is 0 Å². The van der Waals surface area contributed by atoms with Crippen LogP contribution in [-0.4, -0.2) is 38.4 Å². The van der Waals surface area contributed by atoms with Gasteiger partial charge in [-0.1, -0.05) is 0 Å². The average Bonchev–Trinajstić information content (AvgIpc) is 3.16. The van der Waals surface area contributed by atoms with Crippen LogP contribution >= 0.6 is 0 Å². The predicted octanol–water partition coefficient (Wildman–Crippen LogP) is 1.95. The molecule has 1 unspecified atom stereocenters. The maximum atomic E-state index is 12.9. The SMILES string of the molecule is O=c1ccc2cc(S(=O)(=O)N3CCC(C4CCCN4)CC3)ccc2o1. The molecule has 6 nitrogen and oxygen atoms in total. The van der Waals surface area contributed by atoms with Crippen LogP contribution in [0.5, 0.6) is 0 Å². The van der Waals surface area contributed by atoms with Gasteiger partial charge in [0.1, 0.15) is 5.58 Å². The smallest absolute Gasteiger partial charge is 0.336 e. The molecule has 134 valence electrons. The summed E-state index contributed by atoms with van der Waals surface area (Å²) in [5.74, 6) is 0.569. The fourth-order valence-corrected chi connectivity index (χ4v) is 5.50. The molecular formula is C18H22N2O4S. The highest BCUT2D eigenvalue weighted by Gasteiger charge is 2.33. The Kier molecular flexibility index (Phi) is 4.39. The zero-order valence-corrected chi connectivity index (χ0v) is 14.8. The van der Waals surface area contributed by atoms with E-state index in [4.69, 9.17) is 4.42 Å². The van der Waals surface area contributed by atoms with E-state index >= 15 is 0 Å². The Bertz CT molecular complexity index is 923. The van der Waals surface area contributed by atoms with E-state index in [1.165, 1.54) is 25.0 Å². The van der Waals surface area contributed by atoms with Crippen molar-refractivity contribution >= 4 is 21.0 Å². The third kappa shape index (κ3) is 3.23.